The maximum absolute atomic E-state index is 14.2. The molecular formula is C100H85F8N7O20S5. The number of hydrogen-bond acceptors (Lipinski definition) is 15. The number of halogens is 8. The Morgan fingerprint density at radius 1 is 0.379 bits per heavy atom. The van der Waals surface area contributed by atoms with E-state index in [-0.39, 0.29) is 78.7 Å². The fraction of sp³-hybridized carbons (Fsp3) is 0.210. The Bertz CT molecular complexity index is 8320. The van der Waals surface area contributed by atoms with Crippen LogP contribution in [0.5, 0.6) is 0 Å². The third kappa shape index (κ3) is 19.0. The number of fused-ring (bicyclic) bond motifs is 10. The molecule has 0 saturated heterocycles. The van der Waals surface area contributed by atoms with Crippen molar-refractivity contribution in [2.75, 3.05) is 17.1 Å². The Labute approximate surface area is 795 Å². The van der Waals surface area contributed by atoms with Gasteiger partial charge in [0.05, 0.1) is 36.4 Å². The van der Waals surface area contributed by atoms with Crippen LogP contribution in [0.4, 0.5) is 40.8 Å². The first-order valence-electron chi connectivity index (χ1n) is 43.1. The monoisotopic (exact) mass is 2020 g/mol. The Kier molecular flexibility index (Phi) is 26.4. The first kappa shape index (κ1) is 98.7. The summed E-state index contributed by atoms with van der Waals surface area (Å²) in [6.45, 7) is 7.96. The lowest BCUT2D eigenvalue weighted by atomic mass is 9.99. The lowest BCUT2D eigenvalue weighted by Gasteiger charge is -2.23. The minimum absolute atomic E-state index is 0.0457. The number of carboxylic acids is 5. The van der Waals surface area contributed by atoms with E-state index in [0.717, 1.165) is 90.5 Å². The lowest BCUT2D eigenvalue weighted by Crippen LogP contribution is -2.27. The summed E-state index contributed by atoms with van der Waals surface area (Å²) in [4.78, 5) is 56.4. The number of sulfonamides is 2. The Morgan fingerprint density at radius 3 is 1.08 bits per heavy atom. The van der Waals surface area contributed by atoms with Crippen molar-refractivity contribution in [1.82, 2.24) is 27.6 Å². The summed E-state index contributed by atoms with van der Waals surface area (Å²) in [6.07, 6.45) is 2.48. The van der Waals surface area contributed by atoms with Crippen molar-refractivity contribution in [3.8, 4) is 0 Å². The molecule has 0 aliphatic carbocycles. The van der Waals surface area contributed by atoms with E-state index in [0.29, 0.717) is 125 Å². The Morgan fingerprint density at radius 2 is 0.700 bits per heavy atom. The molecule has 1 atom stereocenters. The van der Waals surface area contributed by atoms with E-state index >= 15 is 0 Å². The van der Waals surface area contributed by atoms with Gasteiger partial charge in [-0.05, 0) is 285 Å². The molecule has 27 nitrogen and oxygen atoms in total. The van der Waals surface area contributed by atoms with Gasteiger partial charge in [-0.2, -0.15) is 8.78 Å². The van der Waals surface area contributed by atoms with Gasteiger partial charge >= 0.3 is 35.1 Å². The summed E-state index contributed by atoms with van der Waals surface area (Å²) in [5.41, 5.74) is 17.3. The Balaban J connectivity index is 0.000000126. The zero-order valence-corrected chi connectivity index (χ0v) is 79.1. The van der Waals surface area contributed by atoms with Gasteiger partial charge in [0.25, 0.3) is 10.0 Å². The number of nitrogens with zero attached hydrogens (tertiary/aromatic N) is 6. The van der Waals surface area contributed by atoms with Crippen LogP contribution in [-0.4, -0.2) is 138 Å². The predicted octanol–water partition coefficient (Wildman–Crippen LogP) is 16.8. The number of rotatable bonds is 20. The number of aryl methyl sites for hydroxylation is 1. The molecular weight excluding hydrogens is 1930 g/mol. The van der Waals surface area contributed by atoms with E-state index in [2.05, 4.69) is 4.72 Å². The van der Waals surface area contributed by atoms with Crippen LogP contribution in [0, 0.1) is 63.7 Å². The van der Waals surface area contributed by atoms with E-state index in [1.807, 2.05) is 52.0 Å². The normalized spacial score (nSPS) is 15.9. The summed E-state index contributed by atoms with van der Waals surface area (Å²) in [6, 6.07) is 45.6. The SMILES string of the molecule is Cc1c(Cc2ccc3c(c2)C(F)C(F)(F)S3(=O)=O)c2cc(F)ccc2n1CC(=O)O.Cc1c(Cc2ccc3c(c2)C=CS3(=O)=O)c2cc(F)ccc2n1CC(=O)O.Cc1c(Cc2ccc3c(c2)CCS3(=O)=O)c2cc(F)ccc2n1CC(=O)O.Cc1c(Cc2ccc3c(c2)CNS3(=O)=O)c2cc(F)ccc2n1CC(=O)O.Cc1c(Cc2ccc3c(c2)N(C)S(=O)(=O)C=C3)c2cc(F)ccc2n1CC(=O)O. The molecule has 5 aliphatic heterocycles. The van der Waals surface area contributed by atoms with Gasteiger partial charge in [-0.15, -0.1) is 0 Å². The molecule has 0 radical (unpaired) electrons. The van der Waals surface area contributed by atoms with Crippen LogP contribution in [0.25, 0.3) is 66.7 Å². The molecule has 140 heavy (non-hydrogen) atoms. The summed E-state index contributed by atoms with van der Waals surface area (Å²) < 4.78 is 243. The van der Waals surface area contributed by atoms with Crippen LogP contribution in [-0.2, 0) is 151 Å². The van der Waals surface area contributed by atoms with E-state index in [1.54, 1.807) is 110 Å². The van der Waals surface area contributed by atoms with Gasteiger partial charge in [-0.3, -0.25) is 28.3 Å². The molecule has 0 amide bonds. The highest BCUT2D eigenvalue weighted by atomic mass is 32.2. The quantitative estimate of drug-likeness (QED) is 0.0386. The maximum atomic E-state index is 14.2. The lowest BCUT2D eigenvalue weighted by molar-refractivity contribution is -0.138. The second-order valence-electron chi connectivity index (χ2n) is 34.4. The van der Waals surface area contributed by atoms with Crippen molar-refractivity contribution < 1.29 is 127 Å². The smallest absolute Gasteiger partial charge is 0.384 e. The van der Waals surface area contributed by atoms with Crippen LogP contribution >= 0.6 is 0 Å². The molecule has 15 aromatic rings. The average molecular weight is 2020 g/mol. The molecule has 726 valence electrons. The van der Waals surface area contributed by atoms with Crippen molar-refractivity contribution in [2.24, 2.45) is 0 Å². The number of nitrogens with one attached hydrogen (secondary N) is 1. The average Bonchev–Trinajstić information content (AvgIpc) is 1.56. The molecule has 0 bridgehead atoms. The van der Waals surface area contributed by atoms with E-state index in [1.165, 1.54) is 99.5 Å². The second kappa shape index (κ2) is 37.4. The van der Waals surface area contributed by atoms with Gasteiger partial charge in [-0.1, -0.05) is 60.7 Å². The van der Waals surface area contributed by atoms with Crippen molar-refractivity contribution in [3.05, 3.63) is 334 Å². The first-order chi connectivity index (χ1) is 65.9. The molecule has 0 spiro atoms. The van der Waals surface area contributed by atoms with Gasteiger partial charge in [0.15, 0.2) is 19.7 Å². The highest BCUT2D eigenvalue weighted by Gasteiger charge is 2.61. The van der Waals surface area contributed by atoms with Crippen LogP contribution in [0.2, 0.25) is 0 Å². The molecule has 1 unspecified atom stereocenters. The molecule has 10 aromatic carbocycles. The van der Waals surface area contributed by atoms with Crippen molar-refractivity contribution in [1.29, 1.82) is 0 Å². The van der Waals surface area contributed by atoms with E-state index in [4.69, 9.17) is 0 Å². The predicted molar refractivity (Wildman–Crippen MR) is 506 cm³/mol. The number of carboxylic acid groups (broad SMARTS) is 5. The van der Waals surface area contributed by atoms with Crippen LogP contribution < -0.4 is 9.03 Å². The fourth-order valence-electron chi connectivity index (χ4n) is 18.9. The van der Waals surface area contributed by atoms with Crippen LogP contribution in [0.3, 0.4) is 0 Å². The number of aromatic nitrogens is 5. The summed E-state index contributed by atoms with van der Waals surface area (Å²) in [7, 11) is -17.0. The molecule has 6 N–H and O–H groups in total. The molecule has 5 aromatic heterocycles. The van der Waals surface area contributed by atoms with Crippen molar-refractivity contribution in [2.45, 2.75) is 143 Å². The van der Waals surface area contributed by atoms with Gasteiger partial charge < -0.3 is 48.4 Å². The third-order valence-electron chi connectivity index (χ3n) is 25.8. The largest absolute Gasteiger partial charge is 0.480 e. The summed E-state index contributed by atoms with van der Waals surface area (Å²) >= 11 is 0. The number of alkyl halides is 3. The Hall–Kier alpha value is -14.3. The number of carbonyl (C=O) groups is 5. The number of anilines is 1. The van der Waals surface area contributed by atoms with E-state index < -0.39 is 113 Å². The van der Waals surface area contributed by atoms with Crippen LogP contribution in [0.1, 0.15) is 118 Å². The van der Waals surface area contributed by atoms with Crippen molar-refractivity contribution >= 4 is 152 Å². The third-order valence-corrected chi connectivity index (χ3v) is 33.9. The first-order valence-corrected chi connectivity index (χ1v) is 50.7. The minimum Gasteiger partial charge on any atom is -0.480 e. The van der Waals surface area contributed by atoms with Crippen LogP contribution in [0.15, 0.2) is 212 Å². The topological polar surface area (TPSA) is 397 Å². The highest BCUT2D eigenvalue weighted by Crippen LogP contribution is 2.52. The second-order valence-corrected chi connectivity index (χ2v) is 43.9. The highest BCUT2D eigenvalue weighted by molar-refractivity contribution is 7.96. The minimum atomic E-state index is -5.11. The maximum Gasteiger partial charge on any atom is 0.384 e. The van der Waals surface area contributed by atoms with Gasteiger partial charge in [-0.25, -0.2) is 73.2 Å². The van der Waals surface area contributed by atoms with Gasteiger partial charge in [0.1, 0.15) is 61.8 Å². The number of hydrogen-bond donors (Lipinski definition) is 6. The molecule has 20 rings (SSSR count). The van der Waals surface area contributed by atoms with Gasteiger partial charge in [0, 0.05) is 108 Å². The van der Waals surface area contributed by atoms with E-state index in [9.17, 15) is 127 Å². The number of aliphatic carboxylic acids is 5. The summed E-state index contributed by atoms with van der Waals surface area (Å²) in [5.74, 6) is -6.95. The zero-order valence-electron chi connectivity index (χ0n) is 75.0. The van der Waals surface area contributed by atoms with Crippen molar-refractivity contribution in [3.63, 3.8) is 0 Å². The number of sulfone groups is 3. The number of benzene rings is 10. The molecule has 40 heteroatoms. The zero-order chi connectivity index (χ0) is 101. The fourth-order valence-corrected chi connectivity index (χ4v) is 25.2. The molecule has 5 aliphatic rings. The standard InChI is InChI=1S/C21H19FN2O4S.C20H15F4NO4S.C20H18FNO4S.C20H16FNO4S.C19H17FN2O4S/c1-13-17(18-11-16(22)5-6-19(18)24(13)12-21(25)26)9-14-3-4-15-7-8-29(27,28)23(2)20(15)10-14;1-10-13(14-8-12(21)3-4-16(14)25(10)9-18(26)27)6-11-2-5-17-15(7-11)19(22)20(23,24)30(17,28)29;2*1-12-16(9-13-2-5-19-14(8-13)6-7-27(19,25)26)17-10-15(21)3-4-18(17)22(12)11-20(23)24;1-11-15(7-12-2-5-18-13(6-12)9-21-27(18,25)26)16-8-14(20)3-4-17(16)22(11)10-19(23)24/h3-8,10-11H,9,12H2,1-2H3,(H,25,26);2-5,7-8,19H,6,9H2,1H3,(H,26,27);2-5,8,10H,6-7,9,11H2,1H3,(H,23,24);2-8,10H,9,11H2,1H3,(H,23,24);2-6,8,21H,7,9-10H2,1H3,(H,23,24). The summed E-state index contributed by atoms with van der Waals surface area (Å²) in [5, 5.41) is 46.9. The van der Waals surface area contributed by atoms with Gasteiger partial charge in [0.2, 0.25) is 26.0 Å². The molecule has 0 fully saturated rings. The molecule has 10 heterocycles. The molecule has 0 saturated carbocycles.